The number of hydrogen-bond donors (Lipinski definition) is 0. The lowest BCUT2D eigenvalue weighted by Gasteiger charge is -2.45. The molecule has 0 N–H and O–H groups in total. The van der Waals surface area contributed by atoms with Crippen molar-refractivity contribution in [1.82, 2.24) is 14.8 Å². The summed E-state index contributed by atoms with van der Waals surface area (Å²) < 4.78 is 5.36. The fourth-order valence-electron chi connectivity index (χ4n) is 4.63. The number of hydrogen-bond acceptors (Lipinski definition) is 4. The maximum absolute atomic E-state index is 12.6. The molecule has 3 fully saturated rings. The topological polar surface area (TPSA) is 62.7 Å². The van der Waals surface area contributed by atoms with E-state index in [1.807, 2.05) is 34.9 Å². The third kappa shape index (κ3) is 3.22. The third-order valence-electron chi connectivity index (χ3n) is 6.23. The Hall–Kier alpha value is -1.95. The summed E-state index contributed by atoms with van der Waals surface area (Å²) in [6.07, 6.45) is 4.07. The van der Waals surface area contributed by atoms with Crippen molar-refractivity contribution in [3.8, 4) is 0 Å². The van der Waals surface area contributed by atoms with Crippen molar-refractivity contribution >= 4 is 11.8 Å². The van der Waals surface area contributed by atoms with Gasteiger partial charge < -0.3 is 14.5 Å². The molecule has 140 valence electrons. The van der Waals surface area contributed by atoms with Gasteiger partial charge >= 0.3 is 0 Å². The number of nitrogens with zero attached hydrogens (tertiary/aromatic N) is 3. The Kier molecular flexibility index (Phi) is 4.69. The number of rotatable bonds is 3. The van der Waals surface area contributed by atoms with E-state index in [0.717, 1.165) is 50.2 Å². The van der Waals surface area contributed by atoms with Crippen molar-refractivity contribution in [3.05, 3.63) is 29.6 Å². The zero-order valence-electron chi connectivity index (χ0n) is 15.4. The van der Waals surface area contributed by atoms with Crippen LogP contribution >= 0.6 is 0 Å². The molecule has 4 rings (SSSR count). The highest BCUT2D eigenvalue weighted by molar-refractivity contribution is 5.81. The van der Waals surface area contributed by atoms with Crippen LogP contribution in [0.5, 0.6) is 0 Å². The number of likely N-dealkylation sites (tertiary alicyclic amines) is 2. The molecule has 0 aliphatic carbocycles. The number of carbonyl (C=O) groups is 2. The lowest BCUT2D eigenvalue weighted by atomic mass is 9.84. The Bertz CT molecular complexity index is 691. The van der Waals surface area contributed by atoms with E-state index in [4.69, 9.17) is 4.74 Å². The fourth-order valence-corrected chi connectivity index (χ4v) is 4.63. The second kappa shape index (κ2) is 6.99. The van der Waals surface area contributed by atoms with Crippen molar-refractivity contribution < 1.29 is 14.3 Å². The second-order valence-electron chi connectivity index (χ2n) is 7.86. The van der Waals surface area contributed by atoms with Crippen LogP contribution in [0, 0.1) is 12.8 Å². The van der Waals surface area contributed by atoms with Gasteiger partial charge in [-0.3, -0.25) is 14.6 Å². The number of aryl methyl sites for hydroxylation is 1. The molecular weight excluding hydrogens is 330 g/mol. The first-order valence-electron chi connectivity index (χ1n) is 9.67. The Balaban J connectivity index is 1.44. The van der Waals surface area contributed by atoms with Crippen molar-refractivity contribution in [2.75, 3.05) is 26.3 Å². The fraction of sp³-hybridized carbons (Fsp3) is 0.650. The highest BCUT2D eigenvalue weighted by Gasteiger charge is 2.47. The van der Waals surface area contributed by atoms with Crippen LogP contribution in [0.15, 0.2) is 18.2 Å². The molecule has 3 aliphatic heterocycles. The molecule has 0 saturated carbocycles. The van der Waals surface area contributed by atoms with E-state index >= 15 is 0 Å². The van der Waals surface area contributed by atoms with Crippen LogP contribution in [-0.2, 0) is 20.9 Å². The molecule has 0 radical (unpaired) electrons. The predicted octanol–water partition coefficient (Wildman–Crippen LogP) is 1.91. The maximum Gasteiger partial charge on any atom is 0.228 e. The number of carbonyl (C=O) groups excluding carboxylic acids is 2. The molecule has 1 atom stereocenters. The third-order valence-corrected chi connectivity index (χ3v) is 6.23. The Labute approximate surface area is 154 Å². The molecule has 4 heterocycles. The molecule has 0 bridgehead atoms. The summed E-state index contributed by atoms with van der Waals surface area (Å²) >= 11 is 0. The largest absolute Gasteiger partial charge is 0.381 e. The van der Waals surface area contributed by atoms with Gasteiger partial charge in [0.2, 0.25) is 11.8 Å². The van der Waals surface area contributed by atoms with Gasteiger partial charge in [-0.15, -0.1) is 0 Å². The van der Waals surface area contributed by atoms with E-state index in [9.17, 15) is 9.59 Å². The maximum atomic E-state index is 12.6. The van der Waals surface area contributed by atoms with E-state index in [-0.39, 0.29) is 23.3 Å². The Morgan fingerprint density at radius 2 is 2.12 bits per heavy atom. The van der Waals surface area contributed by atoms with E-state index < -0.39 is 0 Å². The highest BCUT2D eigenvalue weighted by Crippen LogP contribution is 2.40. The molecule has 1 unspecified atom stereocenters. The average Bonchev–Trinajstić information content (AvgIpc) is 3.27. The second-order valence-corrected chi connectivity index (χ2v) is 7.86. The van der Waals surface area contributed by atoms with Gasteiger partial charge in [-0.05, 0) is 44.7 Å². The number of pyridine rings is 1. The summed E-state index contributed by atoms with van der Waals surface area (Å²) in [5.41, 5.74) is 1.81. The first kappa shape index (κ1) is 17.5. The number of piperidine rings is 1. The van der Waals surface area contributed by atoms with Crippen LogP contribution in [0.25, 0.3) is 0 Å². The molecule has 6 heteroatoms. The number of amides is 2. The van der Waals surface area contributed by atoms with Gasteiger partial charge in [-0.1, -0.05) is 6.07 Å². The summed E-state index contributed by atoms with van der Waals surface area (Å²) in [5.74, 6) is 0.479. The van der Waals surface area contributed by atoms with Gasteiger partial charge in [-0.25, -0.2) is 0 Å². The minimum Gasteiger partial charge on any atom is -0.381 e. The van der Waals surface area contributed by atoms with Gasteiger partial charge in [0.1, 0.15) is 0 Å². The zero-order chi connectivity index (χ0) is 18.1. The van der Waals surface area contributed by atoms with Crippen molar-refractivity contribution in [1.29, 1.82) is 0 Å². The van der Waals surface area contributed by atoms with Crippen LogP contribution in [0.2, 0.25) is 0 Å². The lowest BCUT2D eigenvalue weighted by molar-refractivity contribution is -0.140. The lowest BCUT2D eigenvalue weighted by Crippen LogP contribution is -2.54. The smallest absolute Gasteiger partial charge is 0.228 e. The van der Waals surface area contributed by atoms with Gasteiger partial charge in [0.05, 0.1) is 24.8 Å². The van der Waals surface area contributed by atoms with Crippen LogP contribution in [0.4, 0.5) is 0 Å². The molecule has 1 aromatic heterocycles. The van der Waals surface area contributed by atoms with E-state index in [0.29, 0.717) is 26.2 Å². The SMILES string of the molecule is Cc1cccc(CN2C(=O)CCC23CCN(C(=O)C2CCOC2)CC3)n1. The van der Waals surface area contributed by atoms with Crippen molar-refractivity contribution in [3.63, 3.8) is 0 Å². The monoisotopic (exact) mass is 357 g/mol. The van der Waals surface area contributed by atoms with Crippen molar-refractivity contribution in [2.24, 2.45) is 5.92 Å². The Morgan fingerprint density at radius 1 is 1.31 bits per heavy atom. The van der Waals surface area contributed by atoms with Gasteiger partial charge in [-0.2, -0.15) is 0 Å². The van der Waals surface area contributed by atoms with Crippen LogP contribution in [0.3, 0.4) is 0 Å². The van der Waals surface area contributed by atoms with Gasteiger partial charge in [0, 0.05) is 37.4 Å². The number of ether oxygens (including phenoxy) is 1. The molecule has 3 aliphatic rings. The Morgan fingerprint density at radius 3 is 2.81 bits per heavy atom. The molecule has 6 nitrogen and oxygen atoms in total. The van der Waals surface area contributed by atoms with Gasteiger partial charge in [0.15, 0.2) is 0 Å². The van der Waals surface area contributed by atoms with Crippen LogP contribution in [0.1, 0.15) is 43.5 Å². The molecule has 3 saturated heterocycles. The average molecular weight is 357 g/mol. The molecule has 26 heavy (non-hydrogen) atoms. The first-order chi connectivity index (χ1) is 12.6. The molecule has 1 aromatic rings. The first-order valence-corrected chi connectivity index (χ1v) is 9.67. The minimum absolute atomic E-state index is 0.0295. The summed E-state index contributed by atoms with van der Waals surface area (Å²) in [6, 6.07) is 5.96. The number of aromatic nitrogens is 1. The normalized spacial score (nSPS) is 25.3. The standard InChI is InChI=1S/C20H27N3O3/c1-15-3-2-4-17(21-15)13-23-18(24)5-7-20(23)8-10-22(11-9-20)19(25)16-6-12-26-14-16/h2-4,16H,5-14H2,1H3. The summed E-state index contributed by atoms with van der Waals surface area (Å²) in [5, 5.41) is 0. The predicted molar refractivity (Wildman–Crippen MR) is 96.2 cm³/mol. The quantitative estimate of drug-likeness (QED) is 0.829. The molecule has 0 aromatic carbocycles. The van der Waals surface area contributed by atoms with Crippen molar-refractivity contribution in [2.45, 2.75) is 51.1 Å². The van der Waals surface area contributed by atoms with E-state index in [1.54, 1.807) is 0 Å². The van der Waals surface area contributed by atoms with E-state index in [2.05, 4.69) is 4.98 Å². The summed E-state index contributed by atoms with van der Waals surface area (Å²) in [6.45, 7) is 5.28. The zero-order valence-corrected chi connectivity index (χ0v) is 15.4. The molecule has 1 spiro atoms. The van der Waals surface area contributed by atoms with Crippen LogP contribution in [-0.4, -0.2) is 58.4 Å². The van der Waals surface area contributed by atoms with E-state index in [1.165, 1.54) is 0 Å². The van der Waals surface area contributed by atoms with Gasteiger partial charge in [0.25, 0.3) is 0 Å². The van der Waals surface area contributed by atoms with Crippen LogP contribution < -0.4 is 0 Å². The summed E-state index contributed by atoms with van der Waals surface area (Å²) in [4.78, 5) is 33.8. The molecule has 2 amide bonds. The minimum atomic E-state index is -0.106. The highest BCUT2D eigenvalue weighted by atomic mass is 16.5. The molecular formula is C20H27N3O3. The summed E-state index contributed by atoms with van der Waals surface area (Å²) in [7, 11) is 0.